The largest absolute Gasteiger partial charge is 0.417 e. The molecule has 39 heavy (non-hydrogen) atoms. The number of amides is 1. The van der Waals surface area contributed by atoms with E-state index in [9.17, 15) is 26.4 Å². The molecule has 8 nitrogen and oxygen atoms in total. The van der Waals surface area contributed by atoms with E-state index in [0.29, 0.717) is 60.6 Å². The number of carbonyl (C=O) groups is 1. The molecule has 0 bridgehead atoms. The van der Waals surface area contributed by atoms with Crippen LogP contribution in [0.5, 0.6) is 0 Å². The van der Waals surface area contributed by atoms with Crippen LogP contribution >= 0.6 is 0 Å². The Balaban J connectivity index is 1.18. The predicted octanol–water partition coefficient (Wildman–Crippen LogP) is 4.41. The van der Waals surface area contributed by atoms with Crippen molar-refractivity contribution in [3.8, 4) is 0 Å². The lowest BCUT2D eigenvalue weighted by molar-refractivity contribution is -0.137. The molecule has 1 N–H and O–H groups in total. The number of alkyl halides is 3. The summed E-state index contributed by atoms with van der Waals surface area (Å²) < 4.78 is 66.8. The smallest absolute Gasteiger partial charge is 0.336 e. The minimum absolute atomic E-state index is 0.0603. The number of carbonyl (C=O) groups excluding carboxylic acids is 1. The zero-order valence-electron chi connectivity index (χ0n) is 20.6. The monoisotopic (exact) mass is 555 g/mol. The van der Waals surface area contributed by atoms with Crippen LogP contribution < -0.4 is 4.72 Å². The van der Waals surface area contributed by atoms with Crippen molar-refractivity contribution < 1.29 is 26.4 Å². The van der Waals surface area contributed by atoms with Crippen LogP contribution in [0, 0.1) is 0 Å². The third-order valence-corrected chi connectivity index (χ3v) is 7.88. The Morgan fingerprint density at radius 2 is 1.62 bits per heavy atom. The number of halogens is 3. The number of hydrogen-bond donors (Lipinski definition) is 1. The Hall–Kier alpha value is -4.03. The second kappa shape index (κ2) is 10.6. The molecule has 0 aliphatic carbocycles. The molecule has 1 aliphatic rings. The van der Waals surface area contributed by atoms with E-state index in [1.807, 2.05) is 4.90 Å². The van der Waals surface area contributed by atoms with Crippen molar-refractivity contribution in [2.75, 3.05) is 30.9 Å². The van der Waals surface area contributed by atoms with Crippen molar-refractivity contribution in [1.82, 2.24) is 19.8 Å². The molecule has 0 unspecified atom stereocenters. The quantitative estimate of drug-likeness (QED) is 0.379. The van der Waals surface area contributed by atoms with Crippen LogP contribution in [0.15, 0.2) is 84.0 Å². The summed E-state index contributed by atoms with van der Waals surface area (Å²) in [5, 5.41) is 0.706. The number of piperazine rings is 1. The first-order chi connectivity index (χ1) is 18.6. The van der Waals surface area contributed by atoms with E-state index in [2.05, 4.69) is 14.7 Å². The maximum absolute atomic E-state index is 13.0. The Kier molecular flexibility index (Phi) is 7.23. The molecule has 0 radical (unpaired) electrons. The summed E-state index contributed by atoms with van der Waals surface area (Å²) in [7, 11) is -3.91. The lowest BCUT2D eigenvalue weighted by Crippen LogP contribution is -2.48. The molecule has 0 saturated carbocycles. The molecule has 1 saturated heterocycles. The molecule has 2 aromatic carbocycles. The molecule has 202 valence electrons. The van der Waals surface area contributed by atoms with Gasteiger partial charge >= 0.3 is 6.18 Å². The number of nitrogens with zero attached hydrogens (tertiary/aromatic N) is 4. The predicted molar refractivity (Wildman–Crippen MR) is 139 cm³/mol. The van der Waals surface area contributed by atoms with Gasteiger partial charge in [0.15, 0.2) is 0 Å². The number of anilines is 1. The highest BCUT2D eigenvalue weighted by atomic mass is 32.2. The fourth-order valence-corrected chi connectivity index (χ4v) is 5.63. The molecule has 4 aromatic rings. The van der Waals surface area contributed by atoms with Crippen LogP contribution in [-0.2, 0) is 22.7 Å². The Bertz CT molecular complexity index is 1580. The van der Waals surface area contributed by atoms with Crippen LogP contribution in [0.1, 0.15) is 21.6 Å². The summed E-state index contributed by atoms with van der Waals surface area (Å²) in [6.45, 7) is 2.38. The van der Waals surface area contributed by atoms with E-state index in [1.165, 1.54) is 30.5 Å². The highest BCUT2D eigenvalue weighted by Crippen LogP contribution is 2.28. The van der Waals surface area contributed by atoms with Gasteiger partial charge in [-0.2, -0.15) is 13.2 Å². The molecule has 5 rings (SSSR count). The van der Waals surface area contributed by atoms with Crippen molar-refractivity contribution in [3.63, 3.8) is 0 Å². The van der Waals surface area contributed by atoms with Gasteiger partial charge in [0.05, 0.1) is 16.8 Å². The third kappa shape index (κ3) is 6.02. The van der Waals surface area contributed by atoms with E-state index in [4.69, 9.17) is 0 Å². The van der Waals surface area contributed by atoms with Crippen LogP contribution in [0.4, 0.5) is 18.9 Å². The lowest BCUT2D eigenvalue weighted by atomic mass is 10.1. The standard InChI is InChI=1S/C27H24F3N5O3S/c28-27(29,30)21-8-11-23(32-17-21)18-34-13-15-35(16-14-34)26(36)20-6-9-22(10-7-20)33-39(37,38)24-5-1-3-19-4-2-12-31-25(19)24/h1-12,17,33H,13-16,18H2. The van der Waals surface area contributed by atoms with Gasteiger partial charge in [0.1, 0.15) is 4.90 Å². The molecular weight excluding hydrogens is 531 g/mol. The third-order valence-electron chi connectivity index (χ3n) is 6.47. The number of nitrogens with one attached hydrogen (secondary N) is 1. The van der Waals surface area contributed by atoms with Gasteiger partial charge in [0, 0.05) is 61.8 Å². The minimum Gasteiger partial charge on any atom is -0.336 e. The average molecular weight is 556 g/mol. The zero-order chi connectivity index (χ0) is 27.6. The summed E-state index contributed by atoms with van der Waals surface area (Å²) >= 11 is 0. The summed E-state index contributed by atoms with van der Waals surface area (Å²) in [6.07, 6.45) is -2.06. The molecule has 1 fully saturated rings. The second-order valence-corrected chi connectivity index (χ2v) is 10.8. The van der Waals surface area contributed by atoms with Gasteiger partial charge in [0.25, 0.3) is 15.9 Å². The molecule has 1 aliphatic heterocycles. The summed E-state index contributed by atoms with van der Waals surface area (Å²) in [5.41, 5.74) is 0.842. The summed E-state index contributed by atoms with van der Waals surface area (Å²) in [5.74, 6) is -0.185. The Labute approximate surface area is 223 Å². The van der Waals surface area contributed by atoms with Crippen molar-refractivity contribution in [2.45, 2.75) is 17.6 Å². The molecule has 3 heterocycles. The highest BCUT2D eigenvalue weighted by molar-refractivity contribution is 7.93. The maximum Gasteiger partial charge on any atom is 0.417 e. The first-order valence-corrected chi connectivity index (χ1v) is 13.6. The molecule has 2 aromatic heterocycles. The van der Waals surface area contributed by atoms with Crippen molar-refractivity contribution in [2.24, 2.45) is 0 Å². The van der Waals surface area contributed by atoms with Crippen LogP contribution in [-0.4, -0.2) is 60.3 Å². The number of para-hydroxylation sites is 1. The summed E-state index contributed by atoms with van der Waals surface area (Å²) in [6, 6.07) is 17.0. The molecule has 0 atom stereocenters. The van der Waals surface area contributed by atoms with E-state index >= 15 is 0 Å². The van der Waals surface area contributed by atoms with Gasteiger partial charge in [-0.15, -0.1) is 0 Å². The topological polar surface area (TPSA) is 95.5 Å². The van der Waals surface area contributed by atoms with Gasteiger partial charge in [-0.25, -0.2) is 8.42 Å². The SMILES string of the molecule is O=C(c1ccc(NS(=O)(=O)c2cccc3cccnc23)cc1)N1CCN(Cc2ccc(C(F)(F)F)cn2)CC1. The fraction of sp³-hybridized carbons (Fsp3) is 0.222. The highest BCUT2D eigenvalue weighted by Gasteiger charge is 2.31. The Morgan fingerprint density at radius 1 is 0.897 bits per heavy atom. The molecular formula is C27H24F3N5O3S. The van der Waals surface area contributed by atoms with Crippen molar-refractivity contribution in [3.05, 3.63) is 95.9 Å². The van der Waals surface area contributed by atoms with Crippen molar-refractivity contribution in [1.29, 1.82) is 0 Å². The average Bonchev–Trinajstić information content (AvgIpc) is 2.93. The molecule has 1 amide bonds. The summed E-state index contributed by atoms with van der Waals surface area (Å²) in [4.78, 5) is 24.9. The van der Waals surface area contributed by atoms with Crippen LogP contribution in [0.25, 0.3) is 10.9 Å². The van der Waals surface area contributed by atoms with E-state index in [1.54, 1.807) is 41.3 Å². The minimum atomic E-state index is -4.42. The number of hydrogen-bond acceptors (Lipinski definition) is 6. The number of fused-ring (bicyclic) bond motifs is 1. The fourth-order valence-electron chi connectivity index (χ4n) is 4.39. The zero-order valence-corrected chi connectivity index (χ0v) is 21.4. The van der Waals surface area contributed by atoms with E-state index < -0.39 is 21.8 Å². The van der Waals surface area contributed by atoms with E-state index in [0.717, 1.165) is 12.3 Å². The number of benzene rings is 2. The first-order valence-electron chi connectivity index (χ1n) is 12.1. The Morgan fingerprint density at radius 3 is 2.28 bits per heavy atom. The van der Waals surface area contributed by atoms with Gasteiger partial charge in [-0.1, -0.05) is 18.2 Å². The maximum atomic E-state index is 13.0. The van der Waals surface area contributed by atoms with Gasteiger partial charge in [0.2, 0.25) is 0 Å². The van der Waals surface area contributed by atoms with Gasteiger partial charge < -0.3 is 4.90 Å². The van der Waals surface area contributed by atoms with Crippen LogP contribution in [0.3, 0.4) is 0 Å². The second-order valence-electron chi connectivity index (χ2n) is 9.12. The van der Waals surface area contributed by atoms with Gasteiger partial charge in [-0.05, 0) is 48.5 Å². The molecule has 0 spiro atoms. The van der Waals surface area contributed by atoms with Crippen molar-refractivity contribution >= 4 is 32.5 Å². The number of rotatable bonds is 6. The first kappa shape index (κ1) is 26.6. The van der Waals surface area contributed by atoms with E-state index in [-0.39, 0.29) is 10.8 Å². The normalized spacial score (nSPS) is 14.9. The lowest BCUT2D eigenvalue weighted by Gasteiger charge is -2.34. The number of sulfonamides is 1. The molecule has 12 heteroatoms. The number of aromatic nitrogens is 2. The number of pyridine rings is 2. The van der Waals surface area contributed by atoms with Gasteiger partial charge in [-0.3, -0.25) is 24.4 Å². The van der Waals surface area contributed by atoms with Crippen LogP contribution in [0.2, 0.25) is 0 Å².